The van der Waals surface area contributed by atoms with Crippen LogP contribution in [-0.2, 0) is 11.3 Å². The van der Waals surface area contributed by atoms with Gasteiger partial charge in [0.15, 0.2) is 5.37 Å². The summed E-state index contributed by atoms with van der Waals surface area (Å²) in [6, 6.07) is 15.2. The minimum atomic E-state index is -1.30. The second-order valence-corrected chi connectivity index (χ2v) is 6.24. The standard InChI is InChI=1S/C17H14N2O4S/c20-15-14(18-13-7-2-1-3-8-13)24-17(23)19(15)10-11-5-4-6-12(9-11)16(21)22/h1-9,14,18H,10H2,(H,21,22)/p-1/t14-/m1/s1. The van der Waals surface area contributed by atoms with Crippen molar-refractivity contribution in [1.82, 2.24) is 4.90 Å². The Morgan fingerprint density at radius 3 is 2.58 bits per heavy atom. The first-order chi connectivity index (χ1) is 11.5. The van der Waals surface area contributed by atoms with Crippen molar-refractivity contribution in [3.05, 3.63) is 65.7 Å². The van der Waals surface area contributed by atoms with Crippen molar-refractivity contribution in [2.24, 2.45) is 0 Å². The van der Waals surface area contributed by atoms with Gasteiger partial charge in [-0.3, -0.25) is 14.5 Å². The number of aromatic carboxylic acids is 1. The molecule has 1 aliphatic rings. The number of nitrogens with one attached hydrogen (secondary N) is 1. The molecule has 0 bridgehead atoms. The van der Waals surface area contributed by atoms with Gasteiger partial charge < -0.3 is 15.2 Å². The summed E-state index contributed by atoms with van der Waals surface area (Å²) in [5, 5.41) is 12.9. The summed E-state index contributed by atoms with van der Waals surface area (Å²) in [4.78, 5) is 36.6. The Balaban J connectivity index is 1.72. The van der Waals surface area contributed by atoms with Gasteiger partial charge in [-0.25, -0.2) is 0 Å². The first kappa shape index (κ1) is 16.1. The molecule has 0 aliphatic carbocycles. The van der Waals surface area contributed by atoms with Gasteiger partial charge in [0.1, 0.15) is 0 Å². The van der Waals surface area contributed by atoms with Crippen molar-refractivity contribution < 1.29 is 19.5 Å². The van der Waals surface area contributed by atoms with Gasteiger partial charge in [0.2, 0.25) is 0 Å². The number of imide groups is 1. The number of hydrogen-bond donors (Lipinski definition) is 1. The number of nitrogens with zero attached hydrogens (tertiary/aromatic N) is 1. The summed E-state index contributed by atoms with van der Waals surface area (Å²) in [7, 11) is 0. The summed E-state index contributed by atoms with van der Waals surface area (Å²) < 4.78 is 0. The fourth-order valence-electron chi connectivity index (χ4n) is 2.35. The molecule has 6 nitrogen and oxygen atoms in total. The normalized spacial score (nSPS) is 17.2. The Morgan fingerprint density at radius 2 is 1.88 bits per heavy atom. The maximum absolute atomic E-state index is 12.4. The van der Waals surface area contributed by atoms with Gasteiger partial charge in [-0.15, -0.1) is 0 Å². The molecule has 7 heteroatoms. The Kier molecular flexibility index (Phi) is 4.52. The molecule has 0 spiro atoms. The molecule has 2 aromatic rings. The van der Waals surface area contributed by atoms with Crippen LogP contribution in [0.3, 0.4) is 0 Å². The lowest BCUT2D eigenvalue weighted by molar-refractivity contribution is -0.255. The van der Waals surface area contributed by atoms with Crippen LogP contribution in [0.15, 0.2) is 54.6 Å². The quantitative estimate of drug-likeness (QED) is 0.890. The fraction of sp³-hybridized carbons (Fsp3) is 0.118. The second kappa shape index (κ2) is 6.76. The molecule has 1 atom stereocenters. The number of carboxylic acids is 1. The van der Waals surface area contributed by atoms with E-state index in [9.17, 15) is 19.5 Å². The molecule has 1 N–H and O–H groups in total. The number of carbonyl (C=O) groups is 3. The summed E-state index contributed by atoms with van der Waals surface area (Å²) >= 11 is 0.904. The van der Waals surface area contributed by atoms with Crippen LogP contribution >= 0.6 is 11.8 Å². The van der Waals surface area contributed by atoms with E-state index >= 15 is 0 Å². The van der Waals surface area contributed by atoms with Gasteiger partial charge in [-0.1, -0.05) is 36.4 Å². The van der Waals surface area contributed by atoms with Crippen LogP contribution in [0.5, 0.6) is 0 Å². The van der Waals surface area contributed by atoms with Crippen LogP contribution in [-0.4, -0.2) is 27.4 Å². The Labute approximate surface area is 142 Å². The Bertz CT molecular complexity index is 794. The highest BCUT2D eigenvalue weighted by atomic mass is 32.2. The number of carboxylic acid groups (broad SMARTS) is 1. The zero-order valence-electron chi connectivity index (χ0n) is 12.5. The van der Waals surface area contributed by atoms with Crippen LogP contribution in [0, 0.1) is 0 Å². The molecule has 0 saturated carbocycles. The van der Waals surface area contributed by atoms with Crippen LogP contribution < -0.4 is 10.4 Å². The fourth-order valence-corrected chi connectivity index (χ4v) is 3.25. The first-order valence-electron chi connectivity index (χ1n) is 7.18. The van der Waals surface area contributed by atoms with E-state index in [4.69, 9.17) is 0 Å². The summed E-state index contributed by atoms with van der Waals surface area (Å²) in [5.41, 5.74) is 1.31. The van der Waals surface area contributed by atoms with Crippen LogP contribution in [0.25, 0.3) is 0 Å². The highest BCUT2D eigenvalue weighted by Gasteiger charge is 2.39. The molecule has 24 heavy (non-hydrogen) atoms. The number of benzene rings is 2. The van der Waals surface area contributed by atoms with Gasteiger partial charge in [-0.2, -0.15) is 0 Å². The number of thioether (sulfide) groups is 1. The molecule has 0 radical (unpaired) electrons. The van der Waals surface area contributed by atoms with E-state index < -0.39 is 11.3 Å². The van der Waals surface area contributed by atoms with Gasteiger partial charge in [0, 0.05) is 5.69 Å². The molecular formula is C17H13N2O4S-. The van der Waals surface area contributed by atoms with Gasteiger partial charge >= 0.3 is 0 Å². The van der Waals surface area contributed by atoms with E-state index in [0.717, 1.165) is 22.3 Å². The van der Waals surface area contributed by atoms with E-state index in [2.05, 4.69) is 5.32 Å². The third-order valence-corrected chi connectivity index (χ3v) is 4.48. The third-order valence-electron chi connectivity index (χ3n) is 3.50. The smallest absolute Gasteiger partial charge is 0.291 e. The highest BCUT2D eigenvalue weighted by Crippen LogP contribution is 2.29. The zero-order chi connectivity index (χ0) is 17.1. The maximum atomic E-state index is 12.4. The first-order valence-corrected chi connectivity index (χ1v) is 8.06. The minimum absolute atomic E-state index is 0.0122. The lowest BCUT2D eigenvalue weighted by atomic mass is 10.1. The SMILES string of the molecule is O=C([O-])c1cccc(CN2C(=O)S[C@@H](Nc3ccccc3)C2=O)c1. The molecule has 1 saturated heterocycles. The molecule has 1 aliphatic heterocycles. The van der Waals surface area contributed by atoms with Gasteiger partial charge in [-0.05, 0) is 41.1 Å². The van der Waals surface area contributed by atoms with E-state index in [1.165, 1.54) is 12.1 Å². The largest absolute Gasteiger partial charge is 0.545 e. The summed E-state index contributed by atoms with van der Waals surface area (Å²) in [6.45, 7) is 0.0265. The van der Waals surface area contributed by atoms with E-state index in [1.54, 1.807) is 12.1 Å². The van der Waals surface area contributed by atoms with Gasteiger partial charge in [0.25, 0.3) is 11.1 Å². The van der Waals surface area contributed by atoms with Crippen molar-refractivity contribution in [3.8, 4) is 0 Å². The Morgan fingerprint density at radius 1 is 1.12 bits per heavy atom. The summed E-state index contributed by atoms with van der Waals surface area (Å²) in [5.74, 6) is -1.65. The maximum Gasteiger partial charge on any atom is 0.291 e. The molecule has 122 valence electrons. The summed E-state index contributed by atoms with van der Waals surface area (Å²) in [6.07, 6.45) is 0. The number of para-hydroxylation sites is 1. The number of hydrogen-bond acceptors (Lipinski definition) is 6. The number of amides is 2. The van der Waals surface area contributed by atoms with E-state index in [1.807, 2.05) is 30.3 Å². The molecule has 2 aromatic carbocycles. The topological polar surface area (TPSA) is 89.5 Å². The van der Waals surface area contributed by atoms with Crippen molar-refractivity contribution in [2.45, 2.75) is 11.9 Å². The van der Waals surface area contributed by atoms with Crippen molar-refractivity contribution in [2.75, 3.05) is 5.32 Å². The minimum Gasteiger partial charge on any atom is -0.545 e. The lowest BCUT2D eigenvalue weighted by Gasteiger charge is -2.15. The molecular weight excluding hydrogens is 328 g/mol. The average molecular weight is 341 g/mol. The molecule has 1 heterocycles. The monoisotopic (exact) mass is 341 g/mol. The third kappa shape index (κ3) is 3.41. The predicted molar refractivity (Wildman–Crippen MR) is 88.2 cm³/mol. The zero-order valence-corrected chi connectivity index (χ0v) is 13.3. The van der Waals surface area contributed by atoms with E-state index in [-0.39, 0.29) is 23.3 Å². The second-order valence-electron chi connectivity index (χ2n) is 5.19. The molecule has 0 aromatic heterocycles. The van der Waals surface area contributed by atoms with Crippen LogP contribution in [0.4, 0.5) is 10.5 Å². The lowest BCUT2D eigenvalue weighted by Crippen LogP contribution is -2.34. The highest BCUT2D eigenvalue weighted by molar-refractivity contribution is 8.15. The molecule has 1 fully saturated rings. The average Bonchev–Trinajstić information content (AvgIpc) is 2.83. The number of anilines is 1. The molecule has 3 rings (SSSR count). The van der Waals surface area contributed by atoms with E-state index in [0.29, 0.717) is 5.56 Å². The van der Waals surface area contributed by atoms with Crippen LogP contribution in [0.1, 0.15) is 15.9 Å². The number of rotatable bonds is 5. The van der Waals surface area contributed by atoms with Crippen molar-refractivity contribution >= 4 is 34.6 Å². The Hall–Kier alpha value is -2.80. The number of carbonyl (C=O) groups excluding carboxylic acids is 3. The molecule has 0 unspecified atom stereocenters. The van der Waals surface area contributed by atoms with Crippen molar-refractivity contribution in [1.29, 1.82) is 0 Å². The predicted octanol–water partition coefficient (Wildman–Crippen LogP) is 1.68. The van der Waals surface area contributed by atoms with Gasteiger partial charge in [0.05, 0.1) is 12.5 Å². The van der Waals surface area contributed by atoms with Crippen molar-refractivity contribution in [3.63, 3.8) is 0 Å². The molecule has 2 amide bonds. The van der Waals surface area contributed by atoms with Crippen LogP contribution in [0.2, 0.25) is 0 Å².